The maximum atomic E-state index is 11.3. The van der Waals surface area contributed by atoms with Crippen LogP contribution in [0, 0.1) is 0 Å². The maximum absolute atomic E-state index is 11.3. The van der Waals surface area contributed by atoms with Gasteiger partial charge in [0.2, 0.25) is 0 Å². The zero-order chi connectivity index (χ0) is 9.26. The van der Waals surface area contributed by atoms with E-state index in [-0.39, 0.29) is 12.2 Å². The van der Waals surface area contributed by atoms with Crippen LogP contribution in [0.5, 0.6) is 0 Å². The summed E-state index contributed by atoms with van der Waals surface area (Å²) in [7, 11) is 0. The van der Waals surface area contributed by atoms with Crippen LogP contribution in [0.1, 0.15) is 36.6 Å². The van der Waals surface area contributed by atoms with E-state index in [0.717, 1.165) is 18.7 Å². The minimum Gasteiger partial charge on any atom is -0.391 e. The Hall–Kier alpha value is -1.16. The van der Waals surface area contributed by atoms with Gasteiger partial charge in [0, 0.05) is 12.1 Å². The molecule has 0 spiro atoms. The van der Waals surface area contributed by atoms with Crippen molar-refractivity contribution in [3.8, 4) is 0 Å². The third kappa shape index (κ3) is 1.49. The van der Waals surface area contributed by atoms with Gasteiger partial charge < -0.3 is 10.1 Å². The fourth-order valence-electron chi connectivity index (χ4n) is 1.44. The molecule has 0 unspecified atom stereocenters. The Morgan fingerprint density at radius 2 is 2.38 bits per heavy atom. The number of hydrogen-bond donors (Lipinski definition) is 2. The molecule has 1 fully saturated rings. The summed E-state index contributed by atoms with van der Waals surface area (Å²) < 4.78 is 0. The van der Waals surface area contributed by atoms with Gasteiger partial charge in [0.25, 0.3) is 5.56 Å². The molecular formula is C9H12N2O2. The van der Waals surface area contributed by atoms with Crippen molar-refractivity contribution in [1.29, 1.82) is 0 Å². The van der Waals surface area contributed by atoms with E-state index in [2.05, 4.69) is 9.97 Å². The lowest BCUT2D eigenvalue weighted by Gasteiger charge is -2.23. The Labute approximate surface area is 75.6 Å². The second kappa shape index (κ2) is 3.30. The zero-order valence-electron chi connectivity index (χ0n) is 7.29. The van der Waals surface area contributed by atoms with Gasteiger partial charge in [-0.15, -0.1) is 0 Å². The largest absolute Gasteiger partial charge is 0.391 e. The second-order valence-corrected chi connectivity index (χ2v) is 3.41. The van der Waals surface area contributed by atoms with Crippen LogP contribution in [0.25, 0.3) is 0 Å². The monoisotopic (exact) mass is 180 g/mol. The summed E-state index contributed by atoms with van der Waals surface area (Å²) >= 11 is 0. The van der Waals surface area contributed by atoms with Crippen molar-refractivity contribution in [2.24, 2.45) is 0 Å². The van der Waals surface area contributed by atoms with Crippen LogP contribution in [0.4, 0.5) is 0 Å². The van der Waals surface area contributed by atoms with Gasteiger partial charge >= 0.3 is 0 Å². The lowest BCUT2D eigenvalue weighted by Crippen LogP contribution is -2.21. The van der Waals surface area contributed by atoms with Gasteiger partial charge in [0.15, 0.2) is 0 Å². The average Bonchev–Trinajstić information content (AvgIpc) is 2.01. The quantitative estimate of drug-likeness (QED) is 0.697. The average molecular weight is 180 g/mol. The first-order chi connectivity index (χ1) is 6.31. The van der Waals surface area contributed by atoms with Crippen molar-refractivity contribution in [2.75, 3.05) is 0 Å². The molecule has 13 heavy (non-hydrogen) atoms. The minimum atomic E-state index is -0.243. The fraction of sp³-hybridized carbons (Fsp3) is 0.556. The van der Waals surface area contributed by atoms with Gasteiger partial charge in [-0.05, 0) is 12.8 Å². The van der Waals surface area contributed by atoms with Gasteiger partial charge in [0.05, 0.1) is 12.2 Å². The molecule has 1 saturated carbocycles. The number of hydrogen-bond acceptors (Lipinski definition) is 3. The van der Waals surface area contributed by atoms with Crippen molar-refractivity contribution in [3.63, 3.8) is 0 Å². The molecule has 0 radical (unpaired) electrons. The van der Waals surface area contributed by atoms with E-state index in [9.17, 15) is 4.79 Å². The molecule has 0 amide bonds. The van der Waals surface area contributed by atoms with Crippen LogP contribution in [-0.2, 0) is 6.61 Å². The van der Waals surface area contributed by atoms with Crippen LogP contribution in [0.3, 0.4) is 0 Å². The molecule has 0 saturated heterocycles. The Bertz CT molecular complexity index is 355. The molecule has 1 aromatic heterocycles. The van der Waals surface area contributed by atoms with Gasteiger partial charge in [-0.2, -0.15) is 0 Å². The molecule has 0 bridgehead atoms. The van der Waals surface area contributed by atoms with E-state index in [1.54, 1.807) is 0 Å². The molecule has 0 aliphatic heterocycles. The lowest BCUT2D eigenvalue weighted by atomic mass is 9.85. The van der Waals surface area contributed by atoms with Crippen molar-refractivity contribution < 1.29 is 5.11 Å². The van der Waals surface area contributed by atoms with Crippen LogP contribution >= 0.6 is 0 Å². The summed E-state index contributed by atoms with van der Waals surface area (Å²) in [6, 6.07) is 0. The molecule has 2 N–H and O–H groups in total. The highest BCUT2D eigenvalue weighted by Gasteiger charge is 2.21. The van der Waals surface area contributed by atoms with Crippen LogP contribution in [0.15, 0.2) is 11.0 Å². The van der Waals surface area contributed by atoms with E-state index in [0.29, 0.717) is 11.5 Å². The van der Waals surface area contributed by atoms with E-state index in [1.165, 1.54) is 12.6 Å². The molecule has 70 valence electrons. The number of nitrogens with one attached hydrogen (secondary N) is 1. The third-order valence-electron chi connectivity index (χ3n) is 2.55. The van der Waals surface area contributed by atoms with Gasteiger partial charge in [-0.3, -0.25) is 4.79 Å². The van der Waals surface area contributed by atoms with E-state index in [1.807, 2.05) is 0 Å². The Kier molecular flexibility index (Phi) is 2.14. The molecule has 4 nitrogen and oxygen atoms in total. The first-order valence-corrected chi connectivity index (χ1v) is 4.50. The Morgan fingerprint density at radius 3 is 2.85 bits per heavy atom. The molecule has 2 rings (SSSR count). The number of aliphatic hydroxyl groups excluding tert-OH is 1. The predicted octanol–water partition coefficient (Wildman–Crippen LogP) is 0.530. The summed E-state index contributed by atoms with van der Waals surface area (Å²) in [4.78, 5) is 18.1. The van der Waals surface area contributed by atoms with Crippen LogP contribution < -0.4 is 5.56 Å². The molecular weight excluding hydrogens is 168 g/mol. The van der Waals surface area contributed by atoms with Crippen molar-refractivity contribution >= 4 is 0 Å². The molecule has 0 aromatic carbocycles. The van der Waals surface area contributed by atoms with Crippen molar-refractivity contribution in [1.82, 2.24) is 9.97 Å². The smallest absolute Gasteiger partial charge is 0.256 e. The van der Waals surface area contributed by atoms with Crippen molar-refractivity contribution in [2.45, 2.75) is 31.8 Å². The standard InChI is InChI=1S/C9H12N2O2/c12-5-7-4-10-8(11-9(7)13)6-2-1-3-6/h4,6,12H,1-3,5H2,(H,10,11,13). The summed E-state index contributed by atoms with van der Waals surface area (Å²) in [5.74, 6) is 1.20. The molecule has 1 aliphatic rings. The maximum Gasteiger partial charge on any atom is 0.256 e. The summed E-state index contributed by atoms with van der Waals surface area (Å²) in [6.07, 6.45) is 4.91. The number of H-pyrrole nitrogens is 1. The van der Waals surface area contributed by atoms with Crippen molar-refractivity contribution in [3.05, 3.63) is 27.9 Å². The Morgan fingerprint density at radius 1 is 1.62 bits per heavy atom. The summed E-state index contributed by atoms with van der Waals surface area (Å²) in [6.45, 7) is -0.243. The first-order valence-electron chi connectivity index (χ1n) is 4.50. The fourth-order valence-corrected chi connectivity index (χ4v) is 1.44. The summed E-state index contributed by atoms with van der Waals surface area (Å²) in [5.41, 5.74) is 0.127. The molecule has 0 atom stereocenters. The first kappa shape index (κ1) is 8.44. The molecule has 1 aromatic rings. The van der Waals surface area contributed by atoms with E-state index >= 15 is 0 Å². The normalized spacial score (nSPS) is 17.0. The third-order valence-corrected chi connectivity index (χ3v) is 2.55. The highest BCUT2D eigenvalue weighted by atomic mass is 16.3. The number of aromatic nitrogens is 2. The minimum absolute atomic E-state index is 0.209. The topological polar surface area (TPSA) is 66.0 Å². The second-order valence-electron chi connectivity index (χ2n) is 3.41. The van der Waals surface area contributed by atoms with Gasteiger partial charge in [-0.1, -0.05) is 6.42 Å². The lowest BCUT2D eigenvalue weighted by molar-refractivity contribution is 0.279. The number of aliphatic hydroxyl groups is 1. The van der Waals surface area contributed by atoms with Gasteiger partial charge in [0.1, 0.15) is 5.82 Å². The molecule has 1 heterocycles. The number of rotatable bonds is 2. The van der Waals surface area contributed by atoms with E-state index < -0.39 is 0 Å². The van der Waals surface area contributed by atoms with Gasteiger partial charge in [-0.25, -0.2) is 4.98 Å². The SMILES string of the molecule is O=c1[nH]c(C2CCC2)ncc1CO. The van der Waals surface area contributed by atoms with Crippen LogP contribution in [-0.4, -0.2) is 15.1 Å². The van der Waals surface area contributed by atoms with Crippen LogP contribution in [0.2, 0.25) is 0 Å². The molecule has 1 aliphatic carbocycles. The van der Waals surface area contributed by atoms with E-state index in [4.69, 9.17) is 5.11 Å². The molecule has 4 heteroatoms. The Balaban J connectivity index is 2.29. The number of aromatic amines is 1. The highest BCUT2D eigenvalue weighted by molar-refractivity contribution is 5.08. The number of nitrogens with zero attached hydrogens (tertiary/aromatic N) is 1. The predicted molar refractivity (Wildman–Crippen MR) is 47.4 cm³/mol. The zero-order valence-corrected chi connectivity index (χ0v) is 7.29. The summed E-state index contributed by atoms with van der Waals surface area (Å²) in [5, 5.41) is 8.76. The highest BCUT2D eigenvalue weighted by Crippen LogP contribution is 2.33.